The van der Waals surface area contributed by atoms with Crippen molar-refractivity contribution < 1.29 is 9.59 Å². The van der Waals surface area contributed by atoms with Gasteiger partial charge in [0.15, 0.2) is 0 Å². The zero-order valence-corrected chi connectivity index (χ0v) is 15.1. The fraction of sp³-hybridized carbons (Fsp3) is 0.300. The van der Waals surface area contributed by atoms with Crippen LogP contribution in [0.4, 0.5) is 4.79 Å². The smallest absolute Gasteiger partial charge is 0.329 e. The number of urea groups is 1. The van der Waals surface area contributed by atoms with E-state index in [2.05, 4.69) is 16.8 Å². The molecule has 130 valence electrons. The number of imide groups is 1. The van der Waals surface area contributed by atoms with Gasteiger partial charge in [-0.15, -0.1) is 0 Å². The molecular formula is C20H23N3O2. The first-order valence-corrected chi connectivity index (χ1v) is 8.47. The predicted molar refractivity (Wildman–Crippen MR) is 97.8 cm³/mol. The molecule has 0 unspecified atom stereocenters. The molecule has 1 aliphatic rings. The van der Waals surface area contributed by atoms with Crippen LogP contribution in [0.25, 0.3) is 6.08 Å². The Morgan fingerprint density at radius 1 is 1.08 bits per heavy atom. The molecule has 1 fully saturated rings. The second kappa shape index (κ2) is 6.59. The van der Waals surface area contributed by atoms with E-state index in [9.17, 15) is 9.59 Å². The highest BCUT2D eigenvalue weighted by Gasteiger charge is 2.33. The minimum absolute atomic E-state index is 0.274. The van der Waals surface area contributed by atoms with Gasteiger partial charge in [-0.1, -0.05) is 29.8 Å². The molecule has 25 heavy (non-hydrogen) atoms. The monoisotopic (exact) mass is 337 g/mol. The van der Waals surface area contributed by atoms with Gasteiger partial charge in [-0.05, 0) is 51.0 Å². The number of benzene rings is 1. The average Bonchev–Trinajstić information content (AvgIpc) is 2.99. The number of aryl methyl sites for hydroxylation is 2. The summed E-state index contributed by atoms with van der Waals surface area (Å²) in [5.41, 5.74) is 5.59. The maximum Gasteiger partial charge on any atom is 0.329 e. The van der Waals surface area contributed by atoms with E-state index in [-0.39, 0.29) is 18.5 Å². The van der Waals surface area contributed by atoms with Crippen molar-refractivity contribution in [3.8, 4) is 0 Å². The van der Waals surface area contributed by atoms with E-state index in [0.29, 0.717) is 5.70 Å². The molecule has 3 amide bonds. The largest absolute Gasteiger partial charge is 0.349 e. The number of nitrogens with one attached hydrogen (secondary N) is 1. The second-order valence-corrected chi connectivity index (χ2v) is 6.44. The van der Waals surface area contributed by atoms with Crippen LogP contribution in [0.5, 0.6) is 0 Å². The summed E-state index contributed by atoms with van der Waals surface area (Å²) >= 11 is 0. The van der Waals surface area contributed by atoms with Crippen LogP contribution < -0.4 is 5.32 Å². The Morgan fingerprint density at radius 3 is 2.36 bits per heavy atom. The van der Waals surface area contributed by atoms with Crippen LogP contribution >= 0.6 is 0 Å². The van der Waals surface area contributed by atoms with Gasteiger partial charge < -0.3 is 9.88 Å². The molecule has 0 atom stereocenters. The van der Waals surface area contributed by atoms with E-state index in [1.807, 2.05) is 51.1 Å². The number of hydrogen-bond donors (Lipinski definition) is 1. The normalized spacial score (nSPS) is 16.0. The highest BCUT2D eigenvalue weighted by Crippen LogP contribution is 2.21. The lowest BCUT2D eigenvalue weighted by Gasteiger charge is -2.11. The predicted octanol–water partition coefficient (Wildman–Crippen LogP) is 3.53. The molecule has 1 N–H and O–H groups in total. The van der Waals surface area contributed by atoms with E-state index in [4.69, 9.17) is 0 Å². The fourth-order valence-electron chi connectivity index (χ4n) is 3.21. The molecule has 0 spiro atoms. The summed E-state index contributed by atoms with van der Waals surface area (Å²) in [5.74, 6) is -0.285. The van der Waals surface area contributed by atoms with E-state index in [1.165, 1.54) is 4.90 Å². The number of carbonyl (C=O) groups excluding carboxylic acids is 2. The minimum atomic E-state index is -0.374. The van der Waals surface area contributed by atoms with E-state index in [1.54, 1.807) is 6.08 Å². The summed E-state index contributed by atoms with van der Waals surface area (Å²) in [6.07, 6.45) is 1.77. The molecule has 1 aliphatic heterocycles. The maximum absolute atomic E-state index is 12.6. The van der Waals surface area contributed by atoms with Crippen molar-refractivity contribution in [1.29, 1.82) is 0 Å². The van der Waals surface area contributed by atoms with Crippen molar-refractivity contribution in [2.75, 3.05) is 0 Å². The summed E-state index contributed by atoms with van der Waals surface area (Å²) in [7, 11) is 0. The van der Waals surface area contributed by atoms with Gasteiger partial charge in [0, 0.05) is 17.9 Å². The zero-order chi connectivity index (χ0) is 18.1. The molecule has 2 aromatic rings. The molecule has 1 saturated heterocycles. The van der Waals surface area contributed by atoms with Crippen molar-refractivity contribution in [2.24, 2.45) is 0 Å². The fourth-order valence-corrected chi connectivity index (χ4v) is 3.21. The topological polar surface area (TPSA) is 54.3 Å². The average molecular weight is 337 g/mol. The van der Waals surface area contributed by atoms with Gasteiger partial charge in [-0.2, -0.15) is 0 Å². The van der Waals surface area contributed by atoms with Crippen LogP contribution in [0, 0.1) is 20.8 Å². The van der Waals surface area contributed by atoms with E-state index < -0.39 is 0 Å². The third-order valence-corrected chi connectivity index (χ3v) is 4.65. The van der Waals surface area contributed by atoms with Gasteiger partial charge in [-0.3, -0.25) is 9.69 Å². The molecule has 3 rings (SSSR count). The molecule has 0 radical (unpaired) electrons. The Kier molecular flexibility index (Phi) is 4.49. The van der Waals surface area contributed by atoms with Crippen LogP contribution in [-0.4, -0.2) is 21.4 Å². The van der Waals surface area contributed by atoms with Crippen LogP contribution in [0.15, 0.2) is 36.0 Å². The molecule has 0 aliphatic carbocycles. The quantitative estimate of drug-likeness (QED) is 0.685. The van der Waals surface area contributed by atoms with Crippen LogP contribution in [0.2, 0.25) is 0 Å². The highest BCUT2D eigenvalue weighted by atomic mass is 16.2. The van der Waals surface area contributed by atoms with Crippen LogP contribution in [-0.2, 0) is 17.9 Å². The van der Waals surface area contributed by atoms with Gasteiger partial charge in [-0.25, -0.2) is 4.79 Å². The number of rotatable bonds is 4. The molecule has 5 heteroatoms. The lowest BCUT2D eigenvalue weighted by atomic mass is 10.1. The Morgan fingerprint density at radius 2 is 1.76 bits per heavy atom. The standard InChI is InChI=1S/C20H23N3O2/c1-5-22-14(3)10-17(15(22)4)11-18-19(24)23(20(25)21-18)12-16-8-6-13(2)7-9-16/h6-11H,5,12H2,1-4H3,(H,21,25)/b18-11-. The number of hydrogen-bond acceptors (Lipinski definition) is 2. The van der Waals surface area contributed by atoms with Gasteiger partial charge in [0.1, 0.15) is 5.70 Å². The summed E-state index contributed by atoms with van der Waals surface area (Å²) < 4.78 is 2.18. The first-order chi connectivity index (χ1) is 11.9. The lowest BCUT2D eigenvalue weighted by molar-refractivity contribution is -0.123. The Balaban J connectivity index is 1.84. The van der Waals surface area contributed by atoms with Crippen molar-refractivity contribution in [1.82, 2.24) is 14.8 Å². The molecule has 2 heterocycles. The third kappa shape index (κ3) is 3.22. The number of carbonyl (C=O) groups is 2. The summed E-state index contributed by atoms with van der Waals surface area (Å²) in [5, 5.41) is 2.70. The van der Waals surface area contributed by atoms with Crippen LogP contribution in [0.3, 0.4) is 0 Å². The SMILES string of the molecule is CCn1c(C)cc(/C=C2\NC(=O)N(Cc3ccc(C)cc3)C2=O)c1C. The molecule has 0 saturated carbocycles. The van der Waals surface area contributed by atoms with E-state index in [0.717, 1.165) is 34.6 Å². The van der Waals surface area contributed by atoms with Gasteiger partial charge in [0.25, 0.3) is 5.91 Å². The van der Waals surface area contributed by atoms with E-state index >= 15 is 0 Å². The minimum Gasteiger partial charge on any atom is -0.349 e. The van der Waals surface area contributed by atoms with Gasteiger partial charge >= 0.3 is 6.03 Å². The van der Waals surface area contributed by atoms with Crippen molar-refractivity contribution >= 4 is 18.0 Å². The molecular weight excluding hydrogens is 314 g/mol. The van der Waals surface area contributed by atoms with Crippen LogP contribution in [0.1, 0.15) is 35.0 Å². The summed E-state index contributed by atoms with van der Waals surface area (Å²) in [4.78, 5) is 26.1. The maximum atomic E-state index is 12.6. The lowest BCUT2D eigenvalue weighted by Crippen LogP contribution is -2.30. The molecule has 0 bridgehead atoms. The first-order valence-electron chi connectivity index (χ1n) is 8.47. The number of nitrogens with zero attached hydrogens (tertiary/aromatic N) is 2. The Hall–Kier alpha value is -2.82. The Bertz CT molecular complexity index is 860. The first kappa shape index (κ1) is 17.0. The third-order valence-electron chi connectivity index (χ3n) is 4.65. The summed E-state index contributed by atoms with van der Waals surface area (Å²) in [6.45, 7) is 9.30. The van der Waals surface area contributed by atoms with Gasteiger partial charge in [0.2, 0.25) is 0 Å². The Labute approximate surface area is 147 Å². The van der Waals surface area contributed by atoms with Crippen molar-refractivity contribution in [2.45, 2.75) is 40.8 Å². The van der Waals surface area contributed by atoms with Crippen molar-refractivity contribution in [3.63, 3.8) is 0 Å². The molecule has 1 aromatic heterocycles. The number of amides is 3. The van der Waals surface area contributed by atoms with Gasteiger partial charge in [0.05, 0.1) is 6.54 Å². The zero-order valence-electron chi connectivity index (χ0n) is 15.1. The molecule has 5 nitrogen and oxygen atoms in total. The second-order valence-electron chi connectivity index (χ2n) is 6.44. The highest BCUT2D eigenvalue weighted by molar-refractivity contribution is 6.13. The molecule has 1 aromatic carbocycles. The number of aromatic nitrogens is 1. The summed E-state index contributed by atoms with van der Waals surface area (Å²) in [6, 6.07) is 9.49. The van der Waals surface area contributed by atoms with Crippen molar-refractivity contribution in [3.05, 3.63) is 64.1 Å².